The molecule has 8 nitrogen and oxygen atoms in total. The van der Waals surface area contributed by atoms with Gasteiger partial charge in [0.25, 0.3) is 5.91 Å². The molecule has 0 bridgehead atoms. The lowest BCUT2D eigenvalue weighted by atomic mass is 10.0. The fraction of sp³-hybridized carbons (Fsp3) is 0.556. The highest BCUT2D eigenvalue weighted by Gasteiger charge is 2.35. The van der Waals surface area contributed by atoms with Crippen LogP contribution in [0.1, 0.15) is 16.4 Å². The van der Waals surface area contributed by atoms with Crippen molar-refractivity contribution in [3.63, 3.8) is 0 Å². The van der Waals surface area contributed by atoms with Crippen LogP contribution in [0, 0.1) is 12.8 Å². The van der Waals surface area contributed by atoms with Gasteiger partial charge < -0.3 is 15.2 Å². The van der Waals surface area contributed by atoms with E-state index in [0.29, 0.717) is 5.82 Å². The van der Waals surface area contributed by atoms with Crippen molar-refractivity contribution < 1.29 is 19.4 Å². The van der Waals surface area contributed by atoms with E-state index in [0.717, 1.165) is 0 Å². The van der Waals surface area contributed by atoms with Gasteiger partial charge in [-0.15, -0.1) is 5.10 Å². The predicted octanol–water partition coefficient (Wildman–Crippen LogP) is -1.06. The quantitative estimate of drug-likeness (QED) is 0.620. The number of carboxylic acid groups (broad SMARTS) is 1. The Hall–Kier alpha value is -1.96. The van der Waals surface area contributed by atoms with Gasteiger partial charge in [0.15, 0.2) is 0 Å². The van der Waals surface area contributed by atoms with Crippen molar-refractivity contribution in [1.29, 1.82) is 0 Å². The Balaban J connectivity index is 2.01. The van der Waals surface area contributed by atoms with Crippen LogP contribution in [0.5, 0.6) is 0 Å². The molecule has 0 saturated carbocycles. The first-order valence-electron chi connectivity index (χ1n) is 5.08. The van der Waals surface area contributed by atoms with Crippen molar-refractivity contribution in [3.05, 3.63) is 11.6 Å². The van der Waals surface area contributed by atoms with Gasteiger partial charge in [-0.3, -0.25) is 14.7 Å². The number of aromatic nitrogens is 3. The molecule has 0 radical (unpaired) electrons. The fourth-order valence-electron chi connectivity index (χ4n) is 1.62. The van der Waals surface area contributed by atoms with Crippen LogP contribution < -0.4 is 5.32 Å². The lowest BCUT2D eigenvalue weighted by Gasteiger charge is -2.14. The van der Waals surface area contributed by atoms with Gasteiger partial charge in [-0.25, -0.2) is 4.98 Å². The standard InChI is InChI=1S/C9H12N4O4/c1-4-10-7(13-12-4)8(14)11-6-3-17-2-5(6)9(15)16/h5-6H,2-3H2,1H3,(H,11,14)(H,15,16)(H,10,12,13). The summed E-state index contributed by atoms with van der Waals surface area (Å²) in [6.07, 6.45) is 0. The van der Waals surface area contributed by atoms with Crippen LogP contribution in [0.3, 0.4) is 0 Å². The Bertz CT molecular complexity index is 444. The molecule has 1 fully saturated rings. The lowest BCUT2D eigenvalue weighted by Crippen LogP contribution is -2.43. The molecule has 0 aliphatic carbocycles. The third kappa shape index (κ3) is 2.41. The fourth-order valence-corrected chi connectivity index (χ4v) is 1.62. The average Bonchev–Trinajstić information content (AvgIpc) is 2.86. The molecule has 0 spiro atoms. The number of aliphatic carboxylic acids is 1. The number of carbonyl (C=O) groups is 2. The SMILES string of the molecule is Cc1nc(C(=O)NC2COCC2C(=O)O)n[nH]1. The van der Waals surface area contributed by atoms with E-state index < -0.39 is 23.8 Å². The highest BCUT2D eigenvalue weighted by Crippen LogP contribution is 2.14. The maximum atomic E-state index is 11.7. The van der Waals surface area contributed by atoms with Gasteiger partial charge in [-0.05, 0) is 6.92 Å². The molecule has 1 amide bonds. The normalized spacial score (nSPS) is 23.6. The number of nitrogens with one attached hydrogen (secondary N) is 2. The first kappa shape index (κ1) is 11.5. The molecule has 1 aliphatic rings. The van der Waals surface area contributed by atoms with Crippen molar-refractivity contribution in [2.75, 3.05) is 13.2 Å². The van der Waals surface area contributed by atoms with E-state index in [9.17, 15) is 9.59 Å². The molecule has 1 aromatic heterocycles. The Morgan fingerprint density at radius 2 is 2.29 bits per heavy atom. The lowest BCUT2D eigenvalue weighted by molar-refractivity contribution is -0.142. The maximum Gasteiger partial charge on any atom is 0.311 e. The molecule has 2 heterocycles. The van der Waals surface area contributed by atoms with Crippen LogP contribution in [0.25, 0.3) is 0 Å². The number of carbonyl (C=O) groups excluding carboxylic acids is 1. The van der Waals surface area contributed by atoms with Crippen LogP contribution in [0.2, 0.25) is 0 Å². The third-order valence-electron chi connectivity index (χ3n) is 2.51. The number of amides is 1. The van der Waals surface area contributed by atoms with Crippen LogP contribution in [-0.2, 0) is 9.53 Å². The summed E-state index contributed by atoms with van der Waals surface area (Å²) in [6, 6.07) is -0.543. The second kappa shape index (κ2) is 4.50. The summed E-state index contributed by atoms with van der Waals surface area (Å²) in [5, 5.41) is 17.7. The van der Waals surface area contributed by atoms with E-state index >= 15 is 0 Å². The monoisotopic (exact) mass is 240 g/mol. The summed E-state index contributed by atoms with van der Waals surface area (Å²) in [7, 11) is 0. The smallest absolute Gasteiger partial charge is 0.311 e. The molecular formula is C9H12N4O4. The highest BCUT2D eigenvalue weighted by atomic mass is 16.5. The molecule has 1 aromatic rings. The van der Waals surface area contributed by atoms with Crippen LogP contribution in [-0.4, -0.2) is 51.4 Å². The topological polar surface area (TPSA) is 117 Å². The Labute approximate surface area is 96.4 Å². The Morgan fingerprint density at radius 1 is 1.53 bits per heavy atom. The largest absolute Gasteiger partial charge is 0.481 e. The van der Waals surface area contributed by atoms with E-state index in [1.165, 1.54) is 0 Å². The van der Waals surface area contributed by atoms with Crippen molar-refractivity contribution in [2.24, 2.45) is 5.92 Å². The van der Waals surface area contributed by atoms with Crippen molar-refractivity contribution in [3.8, 4) is 0 Å². The Morgan fingerprint density at radius 3 is 2.88 bits per heavy atom. The summed E-state index contributed by atoms with van der Waals surface area (Å²) >= 11 is 0. The summed E-state index contributed by atoms with van der Waals surface area (Å²) < 4.78 is 5.03. The molecule has 2 unspecified atom stereocenters. The summed E-state index contributed by atoms with van der Waals surface area (Å²) in [4.78, 5) is 26.4. The molecule has 0 aromatic carbocycles. The molecule has 8 heteroatoms. The number of hydrogen-bond donors (Lipinski definition) is 3. The van der Waals surface area contributed by atoms with Gasteiger partial charge >= 0.3 is 5.97 Å². The number of rotatable bonds is 3. The number of carboxylic acids is 1. The maximum absolute atomic E-state index is 11.7. The van der Waals surface area contributed by atoms with Gasteiger partial charge in [0.2, 0.25) is 5.82 Å². The van der Waals surface area contributed by atoms with E-state index in [1.54, 1.807) is 6.92 Å². The first-order valence-corrected chi connectivity index (χ1v) is 5.08. The van der Waals surface area contributed by atoms with Crippen LogP contribution in [0.4, 0.5) is 0 Å². The molecule has 17 heavy (non-hydrogen) atoms. The molecule has 92 valence electrons. The molecule has 3 N–H and O–H groups in total. The average molecular weight is 240 g/mol. The van der Waals surface area contributed by atoms with E-state index in [1.807, 2.05) is 0 Å². The summed E-state index contributed by atoms with van der Waals surface area (Å²) in [5.74, 6) is -1.69. The van der Waals surface area contributed by atoms with Crippen LogP contribution in [0.15, 0.2) is 0 Å². The summed E-state index contributed by atoms with van der Waals surface area (Å²) in [5.41, 5.74) is 0. The second-order valence-electron chi connectivity index (χ2n) is 3.81. The van der Waals surface area contributed by atoms with Crippen molar-refractivity contribution in [1.82, 2.24) is 20.5 Å². The minimum atomic E-state index is -0.987. The highest BCUT2D eigenvalue weighted by molar-refractivity contribution is 5.91. The minimum absolute atomic E-state index is 0.00135. The van der Waals surface area contributed by atoms with Gasteiger partial charge in [-0.1, -0.05) is 0 Å². The first-order chi connectivity index (χ1) is 8.08. The van der Waals surface area contributed by atoms with Gasteiger partial charge in [-0.2, -0.15) is 0 Å². The number of hydrogen-bond acceptors (Lipinski definition) is 5. The zero-order valence-electron chi connectivity index (χ0n) is 9.14. The number of aryl methyl sites for hydroxylation is 1. The second-order valence-corrected chi connectivity index (χ2v) is 3.81. The third-order valence-corrected chi connectivity index (χ3v) is 2.51. The van der Waals surface area contributed by atoms with E-state index in [2.05, 4.69) is 20.5 Å². The molecule has 1 aliphatic heterocycles. The molecule has 1 saturated heterocycles. The number of ether oxygens (including phenoxy) is 1. The van der Waals surface area contributed by atoms with E-state index in [-0.39, 0.29) is 19.0 Å². The predicted molar refractivity (Wildman–Crippen MR) is 54.3 cm³/mol. The molecule has 2 rings (SSSR count). The molecular weight excluding hydrogens is 228 g/mol. The van der Waals surface area contributed by atoms with Gasteiger partial charge in [0.05, 0.1) is 19.3 Å². The minimum Gasteiger partial charge on any atom is -0.481 e. The van der Waals surface area contributed by atoms with Crippen molar-refractivity contribution in [2.45, 2.75) is 13.0 Å². The Kier molecular flexibility index (Phi) is 3.05. The van der Waals surface area contributed by atoms with Gasteiger partial charge in [0, 0.05) is 0 Å². The van der Waals surface area contributed by atoms with E-state index in [4.69, 9.17) is 9.84 Å². The van der Waals surface area contributed by atoms with Crippen molar-refractivity contribution >= 4 is 11.9 Å². The van der Waals surface area contributed by atoms with Gasteiger partial charge in [0.1, 0.15) is 11.7 Å². The summed E-state index contributed by atoms with van der Waals surface area (Å²) in [6.45, 7) is 1.96. The number of aromatic amines is 1. The van der Waals surface area contributed by atoms with Crippen LogP contribution >= 0.6 is 0 Å². The number of nitrogens with zero attached hydrogens (tertiary/aromatic N) is 2. The zero-order chi connectivity index (χ0) is 12.4. The molecule has 2 atom stereocenters. The number of H-pyrrole nitrogens is 1. The zero-order valence-corrected chi connectivity index (χ0v) is 9.14.